The van der Waals surface area contributed by atoms with Crippen LogP contribution in [-0.2, 0) is 0 Å². The Labute approximate surface area is 154 Å². The number of aliphatic hydroxyl groups excluding tert-OH is 1. The third-order valence-electron chi connectivity index (χ3n) is 3.34. The molecule has 1 aromatic carbocycles. The maximum Gasteiger partial charge on any atom is 0.433 e. The zero-order valence-corrected chi connectivity index (χ0v) is 14.3. The molecule has 3 aromatic rings. The van der Waals surface area contributed by atoms with Gasteiger partial charge in [0.25, 0.3) is 5.91 Å². The standard InChI is InChI=1S/C16H12F3N5O2S/c17-16(18,19)15(26)21-10-3-1-2-9(6-10)11-4-5-13(24-23-11)22-14(25)12-7-27-8-20-12/h1-8,15,21,26H,(H,22,24,25). The molecule has 0 aliphatic heterocycles. The lowest BCUT2D eigenvalue weighted by Crippen LogP contribution is -2.35. The molecule has 2 heterocycles. The van der Waals surface area contributed by atoms with Crippen LogP contribution in [0.4, 0.5) is 24.7 Å². The van der Waals surface area contributed by atoms with Crippen LogP contribution in [0.25, 0.3) is 11.3 Å². The molecule has 140 valence electrons. The van der Waals surface area contributed by atoms with E-state index in [4.69, 9.17) is 5.11 Å². The second-order valence-corrected chi connectivity index (χ2v) is 6.02. The predicted octanol–water partition coefficient (Wildman–Crippen LogP) is 3.15. The van der Waals surface area contributed by atoms with E-state index < -0.39 is 18.3 Å². The van der Waals surface area contributed by atoms with Crippen molar-refractivity contribution in [2.45, 2.75) is 12.4 Å². The number of rotatable bonds is 5. The molecule has 0 spiro atoms. The summed E-state index contributed by atoms with van der Waals surface area (Å²) in [7, 11) is 0. The molecule has 0 aliphatic rings. The molecule has 0 saturated carbocycles. The van der Waals surface area contributed by atoms with Crippen molar-refractivity contribution in [3.05, 3.63) is 53.0 Å². The van der Waals surface area contributed by atoms with Gasteiger partial charge in [0.05, 0.1) is 11.2 Å². The molecule has 11 heteroatoms. The van der Waals surface area contributed by atoms with Gasteiger partial charge < -0.3 is 15.7 Å². The van der Waals surface area contributed by atoms with Crippen molar-refractivity contribution in [2.75, 3.05) is 10.6 Å². The lowest BCUT2D eigenvalue weighted by Gasteiger charge is -2.17. The number of aliphatic hydroxyl groups is 1. The van der Waals surface area contributed by atoms with E-state index in [1.54, 1.807) is 17.5 Å². The van der Waals surface area contributed by atoms with Gasteiger partial charge in [-0.2, -0.15) is 13.2 Å². The fourth-order valence-electron chi connectivity index (χ4n) is 2.07. The minimum Gasteiger partial charge on any atom is -0.366 e. The lowest BCUT2D eigenvalue weighted by molar-refractivity contribution is -0.194. The number of nitrogens with zero attached hydrogens (tertiary/aromatic N) is 3. The summed E-state index contributed by atoms with van der Waals surface area (Å²) < 4.78 is 37.3. The summed E-state index contributed by atoms with van der Waals surface area (Å²) in [6, 6.07) is 8.99. The summed E-state index contributed by atoms with van der Waals surface area (Å²) in [5.41, 5.74) is 2.72. The minimum atomic E-state index is -4.78. The Balaban J connectivity index is 1.71. The molecule has 7 nitrogen and oxygen atoms in total. The molecule has 1 amide bonds. The van der Waals surface area contributed by atoms with Gasteiger partial charge in [-0.15, -0.1) is 21.5 Å². The third-order valence-corrected chi connectivity index (χ3v) is 3.93. The normalized spacial score (nSPS) is 12.4. The molecule has 0 aliphatic carbocycles. The van der Waals surface area contributed by atoms with Gasteiger partial charge in [-0.3, -0.25) is 4.79 Å². The quantitative estimate of drug-likeness (QED) is 0.574. The Morgan fingerprint density at radius 3 is 2.63 bits per heavy atom. The van der Waals surface area contributed by atoms with Crippen LogP contribution in [0.3, 0.4) is 0 Å². The third kappa shape index (κ3) is 4.77. The summed E-state index contributed by atoms with van der Waals surface area (Å²) in [5.74, 6) is -0.218. The van der Waals surface area contributed by atoms with Crippen LogP contribution in [-0.4, -0.2) is 38.6 Å². The number of benzene rings is 1. The molecule has 0 radical (unpaired) electrons. The summed E-state index contributed by atoms with van der Waals surface area (Å²) in [5, 5.41) is 23.0. The first kappa shape index (κ1) is 18.7. The highest BCUT2D eigenvalue weighted by Crippen LogP contribution is 2.25. The van der Waals surface area contributed by atoms with Crippen molar-refractivity contribution in [3.8, 4) is 11.3 Å². The maximum atomic E-state index is 12.4. The lowest BCUT2D eigenvalue weighted by atomic mass is 10.1. The van der Waals surface area contributed by atoms with Crippen LogP contribution in [0, 0.1) is 0 Å². The number of anilines is 2. The van der Waals surface area contributed by atoms with Gasteiger partial charge in [-0.05, 0) is 24.3 Å². The molecule has 1 unspecified atom stereocenters. The van der Waals surface area contributed by atoms with Crippen molar-refractivity contribution in [1.29, 1.82) is 0 Å². The van der Waals surface area contributed by atoms with Crippen LogP contribution in [0.5, 0.6) is 0 Å². The monoisotopic (exact) mass is 395 g/mol. The molecule has 3 rings (SSSR count). The van der Waals surface area contributed by atoms with E-state index in [1.165, 1.54) is 41.1 Å². The van der Waals surface area contributed by atoms with Gasteiger partial charge in [0, 0.05) is 16.6 Å². The highest BCUT2D eigenvalue weighted by atomic mass is 32.1. The van der Waals surface area contributed by atoms with Crippen LogP contribution in [0.15, 0.2) is 47.3 Å². The number of hydrogen-bond acceptors (Lipinski definition) is 7. The van der Waals surface area contributed by atoms with Crippen LogP contribution in [0.1, 0.15) is 10.5 Å². The van der Waals surface area contributed by atoms with E-state index in [9.17, 15) is 18.0 Å². The highest BCUT2D eigenvalue weighted by molar-refractivity contribution is 7.07. The molecule has 27 heavy (non-hydrogen) atoms. The number of thiazole rings is 1. The topological polar surface area (TPSA) is 100 Å². The molecule has 3 N–H and O–H groups in total. The predicted molar refractivity (Wildman–Crippen MR) is 93.2 cm³/mol. The summed E-state index contributed by atoms with van der Waals surface area (Å²) >= 11 is 1.28. The first-order chi connectivity index (χ1) is 12.8. The zero-order valence-electron chi connectivity index (χ0n) is 13.4. The average Bonchev–Trinajstić information content (AvgIpc) is 3.16. The fraction of sp³-hybridized carbons (Fsp3) is 0.125. The number of carbonyl (C=O) groups excluding carboxylic acids is 1. The number of nitrogens with one attached hydrogen (secondary N) is 2. The molecule has 2 aromatic heterocycles. The molecule has 0 bridgehead atoms. The number of halogens is 3. The number of carbonyl (C=O) groups is 1. The van der Waals surface area contributed by atoms with Gasteiger partial charge >= 0.3 is 6.18 Å². The van der Waals surface area contributed by atoms with Crippen LogP contribution in [0.2, 0.25) is 0 Å². The van der Waals surface area contributed by atoms with Gasteiger partial charge in [0.1, 0.15) is 5.69 Å². The number of amides is 1. The van der Waals surface area contributed by atoms with E-state index in [2.05, 4.69) is 20.5 Å². The Morgan fingerprint density at radius 2 is 2.00 bits per heavy atom. The summed E-state index contributed by atoms with van der Waals surface area (Å²) in [6.45, 7) is 0. The number of alkyl halides is 3. The Morgan fingerprint density at radius 1 is 1.19 bits per heavy atom. The van der Waals surface area contributed by atoms with Crippen molar-refractivity contribution < 1.29 is 23.1 Å². The Kier molecular flexibility index (Phi) is 5.33. The largest absolute Gasteiger partial charge is 0.433 e. The zero-order chi connectivity index (χ0) is 19.4. The van der Waals surface area contributed by atoms with Crippen molar-refractivity contribution in [1.82, 2.24) is 15.2 Å². The van der Waals surface area contributed by atoms with Crippen molar-refractivity contribution >= 4 is 28.7 Å². The van der Waals surface area contributed by atoms with Crippen LogP contribution >= 0.6 is 11.3 Å². The van der Waals surface area contributed by atoms with Crippen molar-refractivity contribution in [3.63, 3.8) is 0 Å². The van der Waals surface area contributed by atoms with E-state index in [1.807, 2.05) is 5.32 Å². The van der Waals surface area contributed by atoms with Gasteiger partial charge in [0.2, 0.25) is 6.23 Å². The number of hydrogen-bond donors (Lipinski definition) is 3. The summed E-state index contributed by atoms with van der Waals surface area (Å²) in [4.78, 5) is 15.8. The first-order valence-corrected chi connectivity index (χ1v) is 8.42. The smallest absolute Gasteiger partial charge is 0.366 e. The van der Waals surface area contributed by atoms with E-state index >= 15 is 0 Å². The molecule has 1 atom stereocenters. The van der Waals surface area contributed by atoms with Gasteiger partial charge in [-0.1, -0.05) is 12.1 Å². The van der Waals surface area contributed by atoms with E-state index in [0.717, 1.165) is 0 Å². The van der Waals surface area contributed by atoms with Crippen LogP contribution < -0.4 is 10.6 Å². The molecular formula is C16H12F3N5O2S. The molecule has 0 fully saturated rings. The Hall–Kier alpha value is -3.05. The number of aromatic nitrogens is 3. The minimum absolute atomic E-state index is 0.0695. The molecule has 0 saturated heterocycles. The van der Waals surface area contributed by atoms with E-state index in [-0.39, 0.29) is 17.2 Å². The van der Waals surface area contributed by atoms with Crippen molar-refractivity contribution in [2.24, 2.45) is 0 Å². The SMILES string of the molecule is O=C(Nc1ccc(-c2cccc(NC(O)C(F)(F)F)c2)nn1)c1cscn1. The van der Waals surface area contributed by atoms with E-state index in [0.29, 0.717) is 11.3 Å². The maximum absolute atomic E-state index is 12.4. The first-order valence-electron chi connectivity index (χ1n) is 7.48. The van der Waals surface area contributed by atoms with Gasteiger partial charge in [-0.25, -0.2) is 4.98 Å². The fourth-order valence-corrected chi connectivity index (χ4v) is 2.60. The molecular weight excluding hydrogens is 383 g/mol. The highest BCUT2D eigenvalue weighted by Gasteiger charge is 2.38. The van der Waals surface area contributed by atoms with Gasteiger partial charge in [0.15, 0.2) is 5.82 Å². The summed E-state index contributed by atoms with van der Waals surface area (Å²) in [6.07, 6.45) is -7.46. The average molecular weight is 395 g/mol. The second kappa shape index (κ2) is 7.68. The second-order valence-electron chi connectivity index (χ2n) is 5.30. The Bertz CT molecular complexity index is 917.